The number of aryl methyl sites for hydroxylation is 1. The molecule has 4 heteroatoms. The molecule has 1 aliphatic heterocycles. The number of nitrogens with two attached hydrogens (primary N) is 1. The summed E-state index contributed by atoms with van der Waals surface area (Å²) in [5, 5.41) is 2.97. The van der Waals surface area contributed by atoms with Crippen LogP contribution >= 0.6 is 0 Å². The zero-order chi connectivity index (χ0) is 15.4. The molecular weight excluding hydrogens is 262 g/mol. The van der Waals surface area contributed by atoms with Crippen molar-refractivity contribution in [1.29, 1.82) is 0 Å². The second kappa shape index (κ2) is 6.94. The molecule has 1 heterocycles. The van der Waals surface area contributed by atoms with E-state index in [9.17, 15) is 4.79 Å². The van der Waals surface area contributed by atoms with Crippen LogP contribution in [0.3, 0.4) is 0 Å². The summed E-state index contributed by atoms with van der Waals surface area (Å²) in [5.41, 5.74) is 8.30. The average Bonchev–Trinajstić information content (AvgIpc) is 2.44. The number of anilines is 2. The Morgan fingerprint density at radius 1 is 1.38 bits per heavy atom. The van der Waals surface area contributed by atoms with Crippen molar-refractivity contribution in [3.63, 3.8) is 0 Å². The van der Waals surface area contributed by atoms with Gasteiger partial charge >= 0.3 is 0 Å². The van der Waals surface area contributed by atoms with Gasteiger partial charge in [0.25, 0.3) is 0 Å². The molecule has 0 bridgehead atoms. The number of carbonyl (C=O) groups excluding carboxylic acids is 1. The van der Waals surface area contributed by atoms with Gasteiger partial charge in [0.1, 0.15) is 0 Å². The molecule has 1 saturated heterocycles. The van der Waals surface area contributed by atoms with Gasteiger partial charge in [-0.2, -0.15) is 0 Å². The lowest BCUT2D eigenvalue weighted by molar-refractivity contribution is -0.116. The molecule has 4 nitrogen and oxygen atoms in total. The first-order valence-electron chi connectivity index (χ1n) is 7.85. The summed E-state index contributed by atoms with van der Waals surface area (Å²) in [6.07, 6.45) is 3.06. The topological polar surface area (TPSA) is 58.4 Å². The van der Waals surface area contributed by atoms with Crippen molar-refractivity contribution >= 4 is 17.3 Å². The lowest BCUT2D eigenvalue weighted by atomic mass is 9.95. The van der Waals surface area contributed by atoms with Crippen molar-refractivity contribution in [1.82, 2.24) is 4.90 Å². The van der Waals surface area contributed by atoms with Gasteiger partial charge in [-0.15, -0.1) is 0 Å². The minimum Gasteiger partial charge on any atom is -0.399 e. The number of nitrogen functional groups attached to an aromatic ring is 1. The molecule has 0 spiro atoms. The maximum atomic E-state index is 12.1. The molecule has 116 valence electrons. The largest absolute Gasteiger partial charge is 0.399 e. The Morgan fingerprint density at radius 2 is 2.14 bits per heavy atom. The van der Waals surface area contributed by atoms with Crippen LogP contribution in [-0.4, -0.2) is 29.9 Å². The standard InChI is InChI=1S/C17H27N3O/c1-12-4-6-14(3)20(11-12)9-8-17(21)19-16-10-15(18)7-5-13(16)2/h5,7,10,12,14H,4,6,8-9,11,18H2,1-3H3,(H,19,21). The molecule has 2 atom stereocenters. The Labute approximate surface area is 127 Å². The van der Waals surface area contributed by atoms with Crippen LogP contribution in [0.1, 0.15) is 38.7 Å². The molecule has 1 aromatic carbocycles. The number of hydrogen-bond acceptors (Lipinski definition) is 3. The van der Waals surface area contributed by atoms with Crippen LogP contribution in [0.5, 0.6) is 0 Å². The van der Waals surface area contributed by atoms with E-state index in [-0.39, 0.29) is 5.91 Å². The van der Waals surface area contributed by atoms with Crippen molar-refractivity contribution in [2.45, 2.75) is 46.1 Å². The van der Waals surface area contributed by atoms with Crippen LogP contribution in [0, 0.1) is 12.8 Å². The van der Waals surface area contributed by atoms with Crippen molar-refractivity contribution < 1.29 is 4.79 Å². The maximum absolute atomic E-state index is 12.1. The predicted octanol–water partition coefficient (Wildman–Crippen LogP) is 3.03. The summed E-state index contributed by atoms with van der Waals surface area (Å²) in [6.45, 7) is 8.45. The van der Waals surface area contributed by atoms with Crippen molar-refractivity contribution in [2.75, 3.05) is 24.1 Å². The Balaban J connectivity index is 1.86. The number of carbonyl (C=O) groups is 1. The third-order valence-electron chi connectivity index (χ3n) is 4.41. The predicted molar refractivity (Wildman–Crippen MR) is 88.3 cm³/mol. The molecule has 0 aromatic heterocycles. The van der Waals surface area contributed by atoms with Gasteiger partial charge in [0.05, 0.1) is 0 Å². The lowest BCUT2D eigenvalue weighted by Crippen LogP contribution is -2.42. The summed E-state index contributed by atoms with van der Waals surface area (Å²) < 4.78 is 0. The fraction of sp³-hybridized carbons (Fsp3) is 0.588. The van der Waals surface area contributed by atoms with E-state index in [0.29, 0.717) is 18.2 Å². The number of nitrogens with one attached hydrogen (secondary N) is 1. The smallest absolute Gasteiger partial charge is 0.225 e. The lowest BCUT2D eigenvalue weighted by Gasteiger charge is -2.36. The second-order valence-corrected chi connectivity index (χ2v) is 6.40. The van der Waals surface area contributed by atoms with Crippen LogP contribution < -0.4 is 11.1 Å². The molecule has 1 aromatic rings. The highest BCUT2D eigenvalue weighted by Crippen LogP contribution is 2.22. The van der Waals surface area contributed by atoms with Gasteiger partial charge in [0.2, 0.25) is 5.91 Å². The van der Waals surface area contributed by atoms with Crippen LogP contribution in [0.25, 0.3) is 0 Å². The van der Waals surface area contributed by atoms with Crippen molar-refractivity contribution in [3.8, 4) is 0 Å². The number of nitrogens with zero attached hydrogens (tertiary/aromatic N) is 1. The molecule has 0 radical (unpaired) electrons. The Kier molecular flexibility index (Phi) is 5.23. The number of piperidine rings is 1. The third-order valence-corrected chi connectivity index (χ3v) is 4.41. The molecule has 1 fully saturated rings. The van der Waals surface area contributed by atoms with E-state index >= 15 is 0 Å². The van der Waals surface area contributed by atoms with Gasteiger partial charge < -0.3 is 11.1 Å². The molecule has 1 aliphatic rings. The summed E-state index contributed by atoms with van der Waals surface area (Å²) >= 11 is 0. The highest BCUT2D eigenvalue weighted by molar-refractivity contribution is 5.92. The van der Waals surface area contributed by atoms with Crippen LogP contribution in [0.15, 0.2) is 18.2 Å². The number of hydrogen-bond donors (Lipinski definition) is 2. The van der Waals surface area contributed by atoms with E-state index in [4.69, 9.17) is 5.73 Å². The number of rotatable bonds is 4. The average molecular weight is 289 g/mol. The van der Waals surface area contributed by atoms with Crippen molar-refractivity contribution in [2.24, 2.45) is 5.92 Å². The first kappa shape index (κ1) is 15.8. The Morgan fingerprint density at radius 3 is 2.90 bits per heavy atom. The summed E-state index contributed by atoms with van der Waals surface area (Å²) in [4.78, 5) is 14.6. The SMILES string of the molecule is Cc1ccc(N)cc1NC(=O)CCN1CC(C)CCC1C. The maximum Gasteiger partial charge on any atom is 0.225 e. The fourth-order valence-corrected chi connectivity index (χ4v) is 2.92. The van der Waals surface area contributed by atoms with E-state index in [1.54, 1.807) is 0 Å². The highest BCUT2D eigenvalue weighted by atomic mass is 16.1. The molecule has 3 N–H and O–H groups in total. The normalized spacial score (nSPS) is 23.0. The second-order valence-electron chi connectivity index (χ2n) is 6.40. The van der Waals surface area contributed by atoms with Gasteiger partial charge in [0.15, 0.2) is 0 Å². The summed E-state index contributed by atoms with van der Waals surface area (Å²) in [7, 11) is 0. The molecule has 0 aliphatic carbocycles. The number of amides is 1. The van der Waals surface area contributed by atoms with Gasteiger partial charge in [-0.3, -0.25) is 9.69 Å². The Bertz CT molecular complexity index is 501. The van der Waals surface area contributed by atoms with Gasteiger partial charge in [0, 0.05) is 36.9 Å². The third kappa shape index (κ3) is 4.46. The minimum atomic E-state index is 0.0640. The molecule has 1 amide bonds. The van der Waals surface area contributed by atoms with Crippen LogP contribution in [-0.2, 0) is 4.79 Å². The van der Waals surface area contributed by atoms with Gasteiger partial charge in [-0.1, -0.05) is 13.0 Å². The van der Waals surface area contributed by atoms with E-state index in [1.165, 1.54) is 12.8 Å². The quantitative estimate of drug-likeness (QED) is 0.838. The van der Waals surface area contributed by atoms with E-state index in [0.717, 1.165) is 30.3 Å². The van der Waals surface area contributed by atoms with Crippen molar-refractivity contribution in [3.05, 3.63) is 23.8 Å². The number of likely N-dealkylation sites (tertiary alicyclic amines) is 1. The number of benzene rings is 1. The van der Waals surface area contributed by atoms with E-state index in [1.807, 2.05) is 25.1 Å². The molecule has 0 saturated carbocycles. The van der Waals surface area contributed by atoms with Gasteiger partial charge in [-0.25, -0.2) is 0 Å². The first-order chi connectivity index (χ1) is 9.95. The minimum absolute atomic E-state index is 0.0640. The summed E-state index contributed by atoms with van der Waals surface area (Å²) in [5.74, 6) is 0.801. The van der Waals surface area contributed by atoms with Crippen LogP contribution in [0.2, 0.25) is 0 Å². The fourth-order valence-electron chi connectivity index (χ4n) is 2.92. The first-order valence-corrected chi connectivity index (χ1v) is 7.85. The zero-order valence-corrected chi connectivity index (χ0v) is 13.4. The Hall–Kier alpha value is -1.55. The summed E-state index contributed by atoms with van der Waals surface area (Å²) in [6, 6.07) is 6.18. The van der Waals surface area contributed by atoms with Crippen LogP contribution in [0.4, 0.5) is 11.4 Å². The molecule has 2 unspecified atom stereocenters. The zero-order valence-electron chi connectivity index (χ0n) is 13.4. The highest BCUT2D eigenvalue weighted by Gasteiger charge is 2.22. The van der Waals surface area contributed by atoms with E-state index in [2.05, 4.69) is 24.1 Å². The monoisotopic (exact) mass is 289 g/mol. The van der Waals surface area contributed by atoms with E-state index < -0.39 is 0 Å². The molecular formula is C17H27N3O. The molecule has 21 heavy (non-hydrogen) atoms. The van der Waals surface area contributed by atoms with Gasteiger partial charge in [-0.05, 0) is 50.3 Å². The molecule has 2 rings (SSSR count).